The molecule has 0 aliphatic heterocycles. The van der Waals surface area contributed by atoms with Crippen molar-refractivity contribution in [1.82, 2.24) is 9.78 Å². The lowest BCUT2D eigenvalue weighted by Crippen LogP contribution is -2.13. The predicted molar refractivity (Wildman–Crippen MR) is 131 cm³/mol. The van der Waals surface area contributed by atoms with Crippen LogP contribution in [0.1, 0.15) is 21.5 Å². The number of nitrogens with zero attached hydrogens (tertiary/aromatic N) is 2. The van der Waals surface area contributed by atoms with E-state index in [4.69, 9.17) is 27.9 Å². The molecule has 0 saturated heterocycles. The first-order valence-electron chi connectivity index (χ1n) is 9.73. The van der Waals surface area contributed by atoms with Crippen LogP contribution in [0.15, 0.2) is 83.5 Å². The number of amides is 1. The Morgan fingerprint density at radius 3 is 2.38 bits per heavy atom. The van der Waals surface area contributed by atoms with Crippen molar-refractivity contribution < 1.29 is 9.53 Å². The molecule has 162 valence electrons. The third-order valence-corrected chi connectivity index (χ3v) is 5.84. The molecule has 0 aliphatic rings. The smallest absolute Gasteiger partial charge is 0.256 e. The maximum absolute atomic E-state index is 12.6. The second kappa shape index (κ2) is 10.2. The zero-order chi connectivity index (χ0) is 22.5. The average Bonchev–Trinajstić information content (AvgIpc) is 3.13. The molecule has 5 nitrogen and oxygen atoms in total. The quantitative estimate of drug-likeness (QED) is 0.285. The second-order valence-corrected chi connectivity index (χ2v) is 8.72. The number of carbonyl (C=O) groups is 1. The molecule has 0 atom stereocenters. The van der Waals surface area contributed by atoms with Gasteiger partial charge in [0.1, 0.15) is 17.4 Å². The molecule has 8 heteroatoms. The molecule has 1 aromatic heterocycles. The van der Waals surface area contributed by atoms with Gasteiger partial charge in [-0.05, 0) is 63.5 Å². The first-order chi connectivity index (χ1) is 15.5. The van der Waals surface area contributed by atoms with Crippen LogP contribution in [-0.2, 0) is 13.2 Å². The molecule has 0 saturated carbocycles. The van der Waals surface area contributed by atoms with Crippen molar-refractivity contribution in [2.75, 3.05) is 5.32 Å². The zero-order valence-electron chi connectivity index (χ0n) is 16.8. The highest BCUT2D eigenvalue weighted by Crippen LogP contribution is 2.25. The Hall–Kier alpha value is -2.80. The molecule has 0 bridgehead atoms. The summed E-state index contributed by atoms with van der Waals surface area (Å²) < 4.78 is 8.37. The number of benzene rings is 3. The molecule has 0 unspecified atom stereocenters. The standard InChI is InChI=1S/C24H18BrCl2N3O2/c25-20-3-1-2-4-22(20)32-15-17-5-9-18(10-6-17)24(31)28-23-21(27)14-30(29-23)13-16-7-11-19(26)12-8-16/h1-12,14H,13,15H2,(H,28,29,31). The Balaban J connectivity index is 1.37. The van der Waals surface area contributed by atoms with Crippen LogP contribution in [0.3, 0.4) is 0 Å². The fourth-order valence-corrected chi connectivity index (χ4v) is 3.72. The lowest BCUT2D eigenvalue weighted by Gasteiger charge is -2.09. The number of anilines is 1. The molecule has 0 aliphatic carbocycles. The Kier molecular flexibility index (Phi) is 7.15. The van der Waals surface area contributed by atoms with Gasteiger partial charge in [0.2, 0.25) is 0 Å². The van der Waals surface area contributed by atoms with E-state index < -0.39 is 0 Å². The Bertz CT molecular complexity index is 1220. The fraction of sp³-hybridized carbons (Fsp3) is 0.0833. The first kappa shape index (κ1) is 22.4. The van der Waals surface area contributed by atoms with Crippen molar-refractivity contribution in [3.8, 4) is 5.75 Å². The van der Waals surface area contributed by atoms with Gasteiger partial charge in [0, 0.05) is 16.8 Å². The molecule has 4 rings (SSSR count). The molecule has 3 aromatic carbocycles. The van der Waals surface area contributed by atoms with E-state index in [1.807, 2.05) is 60.7 Å². The summed E-state index contributed by atoms with van der Waals surface area (Å²) in [5.74, 6) is 0.784. The van der Waals surface area contributed by atoms with Gasteiger partial charge in [-0.2, -0.15) is 5.10 Å². The fourth-order valence-electron chi connectivity index (χ4n) is 2.99. The molecule has 32 heavy (non-hydrogen) atoms. The molecule has 0 fully saturated rings. The molecule has 1 heterocycles. The highest BCUT2D eigenvalue weighted by Gasteiger charge is 2.13. The van der Waals surface area contributed by atoms with E-state index in [2.05, 4.69) is 26.3 Å². The summed E-state index contributed by atoms with van der Waals surface area (Å²) in [6.07, 6.45) is 1.67. The lowest BCUT2D eigenvalue weighted by atomic mass is 10.1. The van der Waals surface area contributed by atoms with Gasteiger partial charge in [0.15, 0.2) is 5.82 Å². The van der Waals surface area contributed by atoms with E-state index in [-0.39, 0.29) is 5.91 Å². The van der Waals surface area contributed by atoms with Gasteiger partial charge in [0.25, 0.3) is 5.91 Å². The predicted octanol–water partition coefficient (Wildman–Crippen LogP) is 6.83. The number of aromatic nitrogens is 2. The number of halogens is 3. The minimum absolute atomic E-state index is 0.290. The Morgan fingerprint density at radius 2 is 1.66 bits per heavy atom. The normalized spacial score (nSPS) is 10.7. The summed E-state index contributed by atoms with van der Waals surface area (Å²) in [7, 11) is 0. The minimum atomic E-state index is -0.290. The van der Waals surface area contributed by atoms with Gasteiger partial charge in [-0.25, -0.2) is 0 Å². The summed E-state index contributed by atoms with van der Waals surface area (Å²) in [6, 6.07) is 22.3. The lowest BCUT2D eigenvalue weighted by molar-refractivity contribution is 0.102. The van der Waals surface area contributed by atoms with E-state index in [1.54, 1.807) is 23.0 Å². The maximum atomic E-state index is 12.6. The van der Waals surface area contributed by atoms with Crippen LogP contribution in [0.2, 0.25) is 10.0 Å². The van der Waals surface area contributed by atoms with Gasteiger partial charge in [0.05, 0.1) is 11.0 Å². The van der Waals surface area contributed by atoms with Crippen molar-refractivity contribution in [2.45, 2.75) is 13.2 Å². The van der Waals surface area contributed by atoms with Crippen LogP contribution in [0, 0.1) is 0 Å². The van der Waals surface area contributed by atoms with Crippen molar-refractivity contribution in [3.05, 3.63) is 110 Å². The summed E-state index contributed by atoms with van der Waals surface area (Å²) in [5, 5.41) is 8.18. The van der Waals surface area contributed by atoms with E-state index >= 15 is 0 Å². The second-order valence-electron chi connectivity index (χ2n) is 7.02. The van der Waals surface area contributed by atoms with Crippen molar-refractivity contribution >= 4 is 50.9 Å². The van der Waals surface area contributed by atoms with Gasteiger partial charge in [-0.15, -0.1) is 0 Å². The van der Waals surface area contributed by atoms with Crippen LogP contribution in [0.5, 0.6) is 5.75 Å². The van der Waals surface area contributed by atoms with Crippen molar-refractivity contribution in [2.24, 2.45) is 0 Å². The number of ether oxygens (including phenoxy) is 1. The molecule has 0 radical (unpaired) electrons. The topological polar surface area (TPSA) is 56.2 Å². The van der Waals surface area contributed by atoms with Gasteiger partial charge in [-0.3, -0.25) is 9.48 Å². The van der Waals surface area contributed by atoms with Crippen molar-refractivity contribution in [3.63, 3.8) is 0 Å². The van der Waals surface area contributed by atoms with Crippen LogP contribution in [-0.4, -0.2) is 15.7 Å². The summed E-state index contributed by atoms with van der Waals surface area (Å²) >= 11 is 15.6. The molecule has 1 amide bonds. The van der Waals surface area contributed by atoms with Gasteiger partial charge in [-0.1, -0.05) is 59.6 Å². The van der Waals surface area contributed by atoms with Crippen LogP contribution >= 0.6 is 39.1 Å². The number of nitrogens with one attached hydrogen (secondary N) is 1. The molecular weight excluding hydrogens is 513 g/mol. The maximum Gasteiger partial charge on any atom is 0.256 e. The molecule has 4 aromatic rings. The zero-order valence-corrected chi connectivity index (χ0v) is 19.9. The molecule has 1 N–H and O–H groups in total. The monoisotopic (exact) mass is 529 g/mol. The van der Waals surface area contributed by atoms with E-state index in [0.29, 0.717) is 34.6 Å². The number of carbonyl (C=O) groups excluding carboxylic acids is 1. The highest BCUT2D eigenvalue weighted by atomic mass is 79.9. The van der Waals surface area contributed by atoms with Crippen molar-refractivity contribution in [1.29, 1.82) is 0 Å². The third-order valence-electron chi connectivity index (χ3n) is 4.65. The summed E-state index contributed by atoms with van der Waals surface area (Å²) in [5.41, 5.74) is 2.47. The number of hydrogen-bond donors (Lipinski definition) is 1. The number of rotatable bonds is 7. The first-order valence-corrected chi connectivity index (χ1v) is 11.3. The average molecular weight is 531 g/mol. The van der Waals surface area contributed by atoms with Gasteiger partial charge < -0.3 is 10.1 Å². The van der Waals surface area contributed by atoms with Crippen LogP contribution in [0.4, 0.5) is 5.82 Å². The SMILES string of the molecule is O=C(Nc1nn(Cc2ccc(Cl)cc2)cc1Cl)c1ccc(COc2ccccc2Br)cc1. The highest BCUT2D eigenvalue weighted by molar-refractivity contribution is 9.10. The van der Waals surface area contributed by atoms with Gasteiger partial charge >= 0.3 is 0 Å². The van der Waals surface area contributed by atoms with E-state index in [0.717, 1.165) is 21.3 Å². The summed E-state index contributed by atoms with van der Waals surface area (Å²) in [6.45, 7) is 0.907. The van der Waals surface area contributed by atoms with E-state index in [9.17, 15) is 4.79 Å². The third kappa shape index (κ3) is 5.71. The Labute approximate surface area is 204 Å². The molecule has 0 spiro atoms. The van der Waals surface area contributed by atoms with E-state index in [1.165, 1.54) is 0 Å². The Morgan fingerprint density at radius 1 is 0.969 bits per heavy atom. The number of hydrogen-bond acceptors (Lipinski definition) is 3. The molecular formula is C24H18BrCl2N3O2. The number of para-hydroxylation sites is 1. The largest absolute Gasteiger partial charge is 0.488 e. The summed E-state index contributed by atoms with van der Waals surface area (Å²) in [4.78, 5) is 12.6. The minimum Gasteiger partial charge on any atom is -0.488 e. The van der Waals surface area contributed by atoms with Crippen LogP contribution < -0.4 is 10.1 Å². The van der Waals surface area contributed by atoms with Crippen LogP contribution in [0.25, 0.3) is 0 Å².